The molecule has 5 rings (SSSR count). The quantitative estimate of drug-likeness (QED) is 0.365. The largest absolute Gasteiger partial charge is 0.348 e. The van der Waals surface area contributed by atoms with E-state index in [0.29, 0.717) is 36.6 Å². The summed E-state index contributed by atoms with van der Waals surface area (Å²) in [6, 6.07) is 20.5. The molecule has 7 nitrogen and oxygen atoms in total. The number of hydrogen-bond acceptors (Lipinski definition) is 4. The third-order valence-corrected chi connectivity index (χ3v) is 7.01. The maximum Gasteiger partial charge on any atom is 0.251 e. The number of hydrogen-bond donors (Lipinski definition) is 1. The van der Waals surface area contributed by atoms with Gasteiger partial charge in [0.25, 0.3) is 5.91 Å². The lowest BCUT2D eigenvalue weighted by molar-refractivity contribution is -0.119. The second-order valence-electron chi connectivity index (χ2n) is 9.60. The van der Waals surface area contributed by atoms with Crippen LogP contribution >= 0.6 is 0 Å². The number of rotatable bonds is 8. The van der Waals surface area contributed by atoms with Gasteiger partial charge in [0.15, 0.2) is 0 Å². The molecule has 0 saturated heterocycles. The Hall–Kier alpha value is -4.44. The number of anilines is 1. The zero-order valence-corrected chi connectivity index (χ0v) is 20.6. The van der Waals surface area contributed by atoms with Crippen LogP contribution in [0.2, 0.25) is 0 Å². The summed E-state index contributed by atoms with van der Waals surface area (Å²) in [5, 5.41) is 12.1. The van der Waals surface area contributed by atoms with E-state index in [9.17, 15) is 9.59 Å². The number of carbonyl (C=O) groups is 2. The first-order valence-corrected chi connectivity index (χ1v) is 12.7. The number of imidazole rings is 1. The van der Waals surface area contributed by atoms with Crippen LogP contribution in [-0.2, 0) is 17.9 Å². The number of aromatic nitrogens is 2. The highest BCUT2D eigenvalue weighted by molar-refractivity contribution is 5.96. The van der Waals surface area contributed by atoms with E-state index in [-0.39, 0.29) is 11.8 Å². The number of nitriles is 1. The zero-order valence-electron chi connectivity index (χ0n) is 20.6. The van der Waals surface area contributed by atoms with Gasteiger partial charge in [-0.1, -0.05) is 31.0 Å². The van der Waals surface area contributed by atoms with Crippen molar-refractivity contribution in [3.8, 4) is 6.07 Å². The highest BCUT2D eigenvalue weighted by Crippen LogP contribution is 2.29. The summed E-state index contributed by atoms with van der Waals surface area (Å²) >= 11 is 0. The molecule has 2 heterocycles. The van der Waals surface area contributed by atoms with Crippen molar-refractivity contribution in [3.63, 3.8) is 0 Å². The summed E-state index contributed by atoms with van der Waals surface area (Å²) in [5.74, 6) is 0.346. The molecule has 0 atom stereocenters. The summed E-state index contributed by atoms with van der Waals surface area (Å²) in [6.45, 7) is 0.818. The molecule has 0 aliphatic heterocycles. The Bertz CT molecular complexity index is 1430. The highest BCUT2D eigenvalue weighted by atomic mass is 16.2. The fourth-order valence-corrected chi connectivity index (χ4v) is 4.91. The van der Waals surface area contributed by atoms with Gasteiger partial charge in [-0.05, 0) is 72.4 Å². The Balaban J connectivity index is 1.28. The Morgan fingerprint density at radius 2 is 1.73 bits per heavy atom. The fourth-order valence-electron chi connectivity index (χ4n) is 4.91. The molecule has 0 bridgehead atoms. The molecular formula is C30H29N5O2. The van der Waals surface area contributed by atoms with Crippen molar-refractivity contribution in [1.82, 2.24) is 14.7 Å². The minimum absolute atomic E-state index is 0.0864. The molecule has 1 aliphatic carbocycles. The van der Waals surface area contributed by atoms with E-state index < -0.39 is 0 Å². The maximum atomic E-state index is 13.4. The lowest BCUT2D eigenvalue weighted by Gasteiger charge is -2.25. The van der Waals surface area contributed by atoms with Gasteiger partial charge in [-0.15, -0.1) is 0 Å². The van der Waals surface area contributed by atoms with Gasteiger partial charge in [0.1, 0.15) is 5.65 Å². The maximum absolute atomic E-state index is 13.4. The van der Waals surface area contributed by atoms with Gasteiger partial charge in [0, 0.05) is 42.8 Å². The summed E-state index contributed by atoms with van der Waals surface area (Å²) in [4.78, 5) is 32.2. The van der Waals surface area contributed by atoms with Crippen LogP contribution in [0.25, 0.3) is 5.65 Å². The second kappa shape index (κ2) is 11.1. The molecule has 37 heavy (non-hydrogen) atoms. The van der Waals surface area contributed by atoms with Gasteiger partial charge in [-0.3, -0.25) is 9.59 Å². The lowest BCUT2D eigenvalue weighted by Crippen LogP contribution is -2.31. The van der Waals surface area contributed by atoms with Crippen LogP contribution in [-0.4, -0.2) is 21.2 Å². The number of carbonyl (C=O) groups excluding carboxylic acids is 2. The minimum Gasteiger partial charge on any atom is -0.348 e. The Kier molecular flexibility index (Phi) is 7.27. The molecular weight excluding hydrogens is 462 g/mol. The SMILES string of the molecule is N#Cc1ccc(CN(C(=O)CC2CCCC2)c2ccc(C(=O)NCc3ccc4nccn4c3)cc2)cc1. The number of pyridine rings is 1. The van der Waals surface area contributed by atoms with Crippen molar-refractivity contribution in [2.45, 2.75) is 45.2 Å². The number of fused-ring (bicyclic) bond motifs is 1. The number of benzene rings is 2. The summed E-state index contributed by atoms with van der Waals surface area (Å²) < 4.78 is 1.92. The van der Waals surface area contributed by atoms with Crippen molar-refractivity contribution >= 4 is 23.1 Å². The first kappa shape index (κ1) is 24.3. The first-order chi connectivity index (χ1) is 18.1. The zero-order chi connectivity index (χ0) is 25.6. The second-order valence-corrected chi connectivity index (χ2v) is 9.60. The van der Waals surface area contributed by atoms with Crippen molar-refractivity contribution < 1.29 is 9.59 Å². The van der Waals surface area contributed by atoms with E-state index in [2.05, 4.69) is 16.4 Å². The molecule has 0 unspecified atom stereocenters. The average molecular weight is 492 g/mol. The Labute approximate surface area is 216 Å². The van der Waals surface area contributed by atoms with Crippen LogP contribution in [0.1, 0.15) is 59.2 Å². The van der Waals surface area contributed by atoms with Crippen LogP contribution in [0.3, 0.4) is 0 Å². The van der Waals surface area contributed by atoms with E-state index in [1.807, 2.05) is 53.2 Å². The van der Waals surface area contributed by atoms with E-state index in [1.54, 1.807) is 35.4 Å². The summed E-state index contributed by atoms with van der Waals surface area (Å²) in [7, 11) is 0. The van der Waals surface area contributed by atoms with Gasteiger partial charge in [0.2, 0.25) is 5.91 Å². The van der Waals surface area contributed by atoms with Gasteiger partial charge >= 0.3 is 0 Å². The smallest absolute Gasteiger partial charge is 0.251 e. The van der Waals surface area contributed by atoms with E-state index >= 15 is 0 Å². The van der Waals surface area contributed by atoms with Crippen molar-refractivity contribution in [2.75, 3.05) is 4.90 Å². The topological polar surface area (TPSA) is 90.5 Å². The van der Waals surface area contributed by atoms with Gasteiger partial charge in [-0.25, -0.2) is 4.98 Å². The fraction of sp³-hybridized carbons (Fsp3) is 0.267. The van der Waals surface area contributed by atoms with Crippen LogP contribution < -0.4 is 10.2 Å². The van der Waals surface area contributed by atoms with Crippen LogP contribution in [0.5, 0.6) is 0 Å². The molecule has 1 fully saturated rings. The van der Waals surface area contributed by atoms with Gasteiger partial charge in [0.05, 0.1) is 18.2 Å². The number of nitrogens with one attached hydrogen (secondary N) is 1. The van der Waals surface area contributed by atoms with Crippen molar-refractivity contribution in [1.29, 1.82) is 5.26 Å². The molecule has 7 heteroatoms. The summed E-state index contributed by atoms with van der Waals surface area (Å²) in [6.07, 6.45) is 10.7. The van der Waals surface area contributed by atoms with Crippen molar-refractivity contribution in [2.24, 2.45) is 5.92 Å². The molecule has 1 saturated carbocycles. The Morgan fingerprint density at radius 3 is 2.46 bits per heavy atom. The Morgan fingerprint density at radius 1 is 1.00 bits per heavy atom. The molecule has 0 radical (unpaired) electrons. The lowest BCUT2D eigenvalue weighted by atomic mass is 10.0. The van der Waals surface area contributed by atoms with Gasteiger partial charge < -0.3 is 14.6 Å². The average Bonchev–Trinajstić information content (AvgIpc) is 3.62. The molecule has 186 valence electrons. The normalized spacial score (nSPS) is 13.4. The van der Waals surface area contributed by atoms with E-state index in [0.717, 1.165) is 35.3 Å². The molecule has 2 aromatic carbocycles. The first-order valence-electron chi connectivity index (χ1n) is 12.7. The monoisotopic (exact) mass is 491 g/mol. The van der Waals surface area contributed by atoms with Crippen LogP contribution in [0, 0.1) is 17.2 Å². The number of nitrogens with zero attached hydrogens (tertiary/aromatic N) is 4. The molecule has 1 N–H and O–H groups in total. The molecule has 2 amide bonds. The molecule has 4 aromatic rings. The number of amides is 2. The van der Waals surface area contributed by atoms with E-state index in [1.165, 1.54) is 12.8 Å². The highest BCUT2D eigenvalue weighted by Gasteiger charge is 2.23. The van der Waals surface area contributed by atoms with Crippen molar-refractivity contribution in [3.05, 3.63) is 102 Å². The molecule has 1 aliphatic rings. The predicted molar refractivity (Wildman–Crippen MR) is 142 cm³/mol. The molecule has 2 aromatic heterocycles. The molecule has 0 spiro atoms. The third-order valence-electron chi connectivity index (χ3n) is 7.01. The summed E-state index contributed by atoms with van der Waals surface area (Å²) in [5.41, 5.74) is 4.67. The standard InChI is InChI=1S/C30H29N5O2/c31-18-23-5-7-24(8-6-23)21-35(29(36)17-22-3-1-2-4-22)27-12-10-26(11-13-27)30(37)33-19-25-9-14-28-32-15-16-34(28)20-25/h5-16,20,22H,1-4,17,19,21H2,(H,33,37). The predicted octanol–water partition coefficient (Wildman–Crippen LogP) is 5.25. The van der Waals surface area contributed by atoms with Crippen LogP contribution in [0.15, 0.2) is 79.3 Å². The minimum atomic E-state index is -0.173. The third kappa shape index (κ3) is 5.87. The van der Waals surface area contributed by atoms with Crippen LogP contribution in [0.4, 0.5) is 5.69 Å². The van der Waals surface area contributed by atoms with Gasteiger partial charge in [-0.2, -0.15) is 5.26 Å². The van der Waals surface area contributed by atoms with E-state index in [4.69, 9.17) is 5.26 Å².